The lowest BCUT2D eigenvalue weighted by atomic mass is 10.0. The standard InChI is InChI=1S/C22H19N3O3/c26-22(24-9-12-27-13-10-24)17-5-3-16(4-6-17)18-7-8-21-23-14-19(25(21)15-18)20-2-1-11-28-20/h1-8,11,14-15H,9-10,12-13H2. The molecule has 1 aliphatic heterocycles. The molecule has 28 heavy (non-hydrogen) atoms. The first-order valence-corrected chi connectivity index (χ1v) is 9.28. The number of imidazole rings is 1. The zero-order valence-electron chi connectivity index (χ0n) is 15.2. The first-order chi connectivity index (χ1) is 13.8. The van der Waals surface area contributed by atoms with Crippen molar-refractivity contribution in [2.24, 2.45) is 0 Å². The third-order valence-electron chi connectivity index (χ3n) is 5.04. The molecule has 0 N–H and O–H groups in total. The molecule has 0 radical (unpaired) electrons. The molecule has 1 saturated heterocycles. The van der Waals surface area contributed by atoms with E-state index < -0.39 is 0 Å². The number of carbonyl (C=O) groups excluding carboxylic acids is 1. The van der Waals surface area contributed by atoms with E-state index in [9.17, 15) is 4.79 Å². The summed E-state index contributed by atoms with van der Waals surface area (Å²) in [6.07, 6.45) is 5.50. The Balaban J connectivity index is 1.45. The van der Waals surface area contributed by atoms with Crippen molar-refractivity contribution in [1.82, 2.24) is 14.3 Å². The lowest BCUT2D eigenvalue weighted by Crippen LogP contribution is -2.40. The molecule has 1 fully saturated rings. The fourth-order valence-corrected chi connectivity index (χ4v) is 3.51. The summed E-state index contributed by atoms with van der Waals surface area (Å²) in [4.78, 5) is 18.9. The van der Waals surface area contributed by atoms with E-state index in [2.05, 4.69) is 4.98 Å². The molecule has 5 rings (SSSR count). The molecule has 140 valence electrons. The summed E-state index contributed by atoms with van der Waals surface area (Å²) in [6, 6.07) is 15.5. The van der Waals surface area contributed by atoms with Gasteiger partial charge in [-0.2, -0.15) is 0 Å². The van der Waals surface area contributed by atoms with Crippen LogP contribution in [0.1, 0.15) is 10.4 Å². The Bertz CT molecular complexity index is 1110. The molecular weight excluding hydrogens is 354 g/mol. The lowest BCUT2D eigenvalue weighted by molar-refractivity contribution is 0.0303. The van der Waals surface area contributed by atoms with Gasteiger partial charge in [-0.3, -0.25) is 9.20 Å². The fraction of sp³-hybridized carbons (Fsp3) is 0.182. The minimum absolute atomic E-state index is 0.0556. The number of ether oxygens (including phenoxy) is 1. The number of morpholine rings is 1. The zero-order chi connectivity index (χ0) is 18.9. The third kappa shape index (κ3) is 2.97. The van der Waals surface area contributed by atoms with E-state index in [1.54, 1.807) is 6.26 Å². The van der Waals surface area contributed by atoms with E-state index in [-0.39, 0.29) is 5.91 Å². The Kier molecular flexibility index (Phi) is 4.18. The van der Waals surface area contributed by atoms with Gasteiger partial charge < -0.3 is 14.1 Å². The lowest BCUT2D eigenvalue weighted by Gasteiger charge is -2.26. The first kappa shape index (κ1) is 16.8. The van der Waals surface area contributed by atoms with Gasteiger partial charge in [0.05, 0.1) is 25.7 Å². The summed E-state index contributed by atoms with van der Waals surface area (Å²) >= 11 is 0. The Morgan fingerprint density at radius 1 is 0.964 bits per heavy atom. The zero-order valence-corrected chi connectivity index (χ0v) is 15.2. The molecule has 6 nitrogen and oxygen atoms in total. The van der Waals surface area contributed by atoms with Gasteiger partial charge in [0.15, 0.2) is 5.76 Å². The van der Waals surface area contributed by atoms with Crippen molar-refractivity contribution in [3.05, 3.63) is 72.8 Å². The highest BCUT2D eigenvalue weighted by molar-refractivity contribution is 5.94. The molecule has 0 bridgehead atoms. The van der Waals surface area contributed by atoms with Crippen LogP contribution in [-0.4, -0.2) is 46.5 Å². The summed E-state index contributed by atoms with van der Waals surface area (Å²) in [7, 11) is 0. The van der Waals surface area contributed by atoms with Gasteiger partial charge in [0, 0.05) is 24.8 Å². The van der Waals surface area contributed by atoms with Crippen LogP contribution >= 0.6 is 0 Å². The quantitative estimate of drug-likeness (QED) is 0.549. The number of benzene rings is 1. The Morgan fingerprint density at radius 2 is 1.75 bits per heavy atom. The normalized spacial score (nSPS) is 14.5. The van der Waals surface area contributed by atoms with Crippen LogP contribution in [0.5, 0.6) is 0 Å². The SMILES string of the molecule is O=C(c1ccc(-c2ccc3ncc(-c4ccco4)n3c2)cc1)N1CCOCC1. The van der Waals surface area contributed by atoms with Crippen LogP contribution < -0.4 is 0 Å². The maximum Gasteiger partial charge on any atom is 0.254 e. The molecule has 0 saturated carbocycles. The summed E-state index contributed by atoms with van der Waals surface area (Å²) in [5, 5.41) is 0. The Labute approximate surface area is 162 Å². The van der Waals surface area contributed by atoms with Crippen molar-refractivity contribution in [2.45, 2.75) is 0 Å². The predicted octanol–water partition coefficient (Wildman–Crippen LogP) is 3.73. The van der Waals surface area contributed by atoms with Gasteiger partial charge in [0.25, 0.3) is 5.91 Å². The summed E-state index contributed by atoms with van der Waals surface area (Å²) < 4.78 is 12.9. The van der Waals surface area contributed by atoms with Gasteiger partial charge >= 0.3 is 0 Å². The second-order valence-electron chi connectivity index (χ2n) is 6.75. The minimum atomic E-state index is 0.0556. The van der Waals surface area contributed by atoms with Gasteiger partial charge in [-0.15, -0.1) is 0 Å². The van der Waals surface area contributed by atoms with Gasteiger partial charge in [-0.05, 0) is 47.5 Å². The third-order valence-corrected chi connectivity index (χ3v) is 5.04. The number of fused-ring (bicyclic) bond motifs is 1. The molecular formula is C22H19N3O3. The van der Waals surface area contributed by atoms with Gasteiger partial charge in [-0.1, -0.05) is 12.1 Å². The molecule has 1 aromatic carbocycles. The molecule has 0 atom stereocenters. The van der Waals surface area contributed by atoms with Crippen LogP contribution in [0.4, 0.5) is 0 Å². The van der Waals surface area contributed by atoms with Gasteiger partial charge in [0.2, 0.25) is 0 Å². The smallest absolute Gasteiger partial charge is 0.254 e. The highest BCUT2D eigenvalue weighted by Crippen LogP contribution is 2.26. The fourth-order valence-electron chi connectivity index (χ4n) is 3.51. The Hall–Kier alpha value is -3.38. The summed E-state index contributed by atoms with van der Waals surface area (Å²) in [6.45, 7) is 2.50. The highest BCUT2D eigenvalue weighted by atomic mass is 16.5. The Morgan fingerprint density at radius 3 is 2.50 bits per heavy atom. The number of rotatable bonds is 3. The second kappa shape index (κ2) is 6.98. The van der Waals surface area contributed by atoms with Crippen molar-refractivity contribution in [3.8, 4) is 22.6 Å². The average molecular weight is 373 g/mol. The highest BCUT2D eigenvalue weighted by Gasteiger charge is 2.18. The van der Waals surface area contributed by atoms with Crippen LogP contribution in [-0.2, 0) is 4.74 Å². The number of amides is 1. The number of furan rings is 1. The van der Waals surface area contributed by atoms with E-state index in [1.807, 2.05) is 70.2 Å². The number of hydrogen-bond acceptors (Lipinski definition) is 4. The van der Waals surface area contributed by atoms with Crippen molar-refractivity contribution in [2.75, 3.05) is 26.3 Å². The summed E-state index contributed by atoms with van der Waals surface area (Å²) in [5.74, 6) is 0.830. The van der Waals surface area contributed by atoms with Crippen molar-refractivity contribution < 1.29 is 13.9 Å². The van der Waals surface area contributed by atoms with Crippen molar-refractivity contribution >= 4 is 11.6 Å². The van der Waals surface area contributed by atoms with Crippen LogP contribution in [0.15, 0.2) is 71.6 Å². The van der Waals surface area contributed by atoms with E-state index in [4.69, 9.17) is 9.15 Å². The molecule has 3 aromatic heterocycles. The molecule has 0 aliphatic carbocycles. The second-order valence-corrected chi connectivity index (χ2v) is 6.75. The molecule has 1 aliphatic rings. The monoisotopic (exact) mass is 373 g/mol. The van der Waals surface area contributed by atoms with Crippen LogP contribution in [0.25, 0.3) is 28.2 Å². The van der Waals surface area contributed by atoms with E-state index in [0.717, 1.165) is 28.2 Å². The number of hydrogen-bond donors (Lipinski definition) is 0. The van der Waals surface area contributed by atoms with Crippen molar-refractivity contribution in [1.29, 1.82) is 0 Å². The van der Waals surface area contributed by atoms with Crippen LogP contribution in [0.3, 0.4) is 0 Å². The topological polar surface area (TPSA) is 60.0 Å². The average Bonchev–Trinajstić information content (AvgIpc) is 3.43. The number of carbonyl (C=O) groups is 1. The first-order valence-electron chi connectivity index (χ1n) is 9.28. The number of pyridine rings is 1. The van der Waals surface area contributed by atoms with Crippen LogP contribution in [0.2, 0.25) is 0 Å². The predicted molar refractivity (Wildman–Crippen MR) is 105 cm³/mol. The largest absolute Gasteiger partial charge is 0.463 e. The molecule has 0 unspecified atom stereocenters. The van der Waals surface area contributed by atoms with E-state index in [1.165, 1.54) is 0 Å². The van der Waals surface area contributed by atoms with Gasteiger partial charge in [0.1, 0.15) is 11.3 Å². The van der Waals surface area contributed by atoms with Crippen LogP contribution in [0, 0.1) is 0 Å². The molecule has 4 aromatic rings. The molecule has 6 heteroatoms. The number of nitrogens with zero attached hydrogens (tertiary/aromatic N) is 3. The molecule has 1 amide bonds. The minimum Gasteiger partial charge on any atom is -0.463 e. The summed E-state index contributed by atoms with van der Waals surface area (Å²) in [5.41, 5.74) is 4.55. The number of aromatic nitrogens is 2. The van der Waals surface area contributed by atoms with E-state index >= 15 is 0 Å². The van der Waals surface area contributed by atoms with E-state index in [0.29, 0.717) is 31.9 Å². The maximum atomic E-state index is 12.6. The maximum absolute atomic E-state index is 12.6. The van der Waals surface area contributed by atoms with Crippen molar-refractivity contribution in [3.63, 3.8) is 0 Å². The molecule has 0 spiro atoms. The molecule has 4 heterocycles. The van der Waals surface area contributed by atoms with Gasteiger partial charge in [-0.25, -0.2) is 4.98 Å².